The summed E-state index contributed by atoms with van der Waals surface area (Å²) in [6, 6.07) is 2.10. The highest BCUT2D eigenvalue weighted by Gasteiger charge is 2.07. The van der Waals surface area contributed by atoms with Crippen LogP contribution in [0.5, 0.6) is 0 Å². The number of rotatable bonds is 9. The van der Waals surface area contributed by atoms with Crippen molar-refractivity contribution in [3.8, 4) is 0 Å². The Kier molecular flexibility index (Phi) is 6.99. The first kappa shape index (κ1) is 20.6. The molecular weight excluding hydrogens is 368 g/mol. The number of nitrogens with zero attached hydrogens (tertiary/aromatic N) is 7. The zero-order chi connectivity index (χ0) is 20.6. The van der Waals surface area contributed by atoms with Crippen LogP contribution in [0.25, 0.3) is 11.0 Å². The molecule has 0 saturated heterocycles. The number of aromatic nitrogens is 6. The first-order valence-corrected chi connectivity index (χ1v) is 9.98. The van der Waals surface area contributed by atoms with Crippen molar-refractivity contribution in [3.05, 3.63) is 30.0 Å². The maximum atomic E-state index is 4.65. The van der Waals surface area contributed by atoms with Gasteiger partial charge in [0, 0.05) is 45.5 Å². The number of anilines is 1. The van der Waals surface area contributed by atoms with Crippen molar-refractivity contribution >= 4 is 22.8 Å². The molecule has 0 bridgehead atoms. The molecule has 3 heterocycles. The number of nitrogens with one attached hydrogen (secondary N) is 3. The summed E-state index contributed by atoms with van der Waals surface area (Å²) < 4.78 is 3.78. The topological polar surface area (TPSA) is 110 Å². The van der Waals surface area contributed by atoms with Crippen LogP contribution < -0.4 is 16.0 Å². The fourth-order valence-corrected chi connectivity index (χ4v) is 3.12. The van der Waals surface area contributed by atoms with Gasteiger partial charge in [0.1, 0.15) is 12.1 Å². The molecule has 10 heteroatoms. The van der Waals surface area contributed by atoms with Gasteiger partial charge in [0.15, 0.2) is 11.6 Å². The fraction of sp³-hybridized carbons (Fsp3) is 0.526. The Bertz CT molecular complexity index is 955. The van der Waals surface area contributed by atoms with E-state index in [1.54, 1.807) is 17.2 Å². The molecule has 0 saturated carbocycles. The van der Waals surface area contributed by atoms with Crippen molar-refractivity contribution in [1.29, 1.82) is 0 Å². The molecule has 3 aromatic rings. The largest absolute Gasteiger partial charge is 0.368 e. The molecule has 0 aliphatic rings. The molecule has 3 N–H and O–H groups in total. The fourth-order valence-electron chi connectivity index (χ4n) is 3.12. The monoisotopic (exact) mass is 398 g/mol. The minimum atomic E-state index is 0.706. The molecule has 156 valence electrons. The molecule has 0 atom stereocenters. The summed E-state index contributed by atoms with van der Waals surface area (Å²) in [5, 5.41) is 19.6. The third-order valence-corrected chi connectivity index (χ3v) is 4.48. The van der Waals surface area contributed by atoms with Crippen molar-refractivity contribution < 1.29 is 0 Å². The van der Waals surface area contributed by atoms with Crippen LogP contribution in [0.3, 0.4) is 0 Å². The zero-order valence-electron chi connectivity index (χ0n) is 17.6. The second kappa shape index (κ2) is 9.85. The Morgan fingerprint density at radius 1 is 1.17 bits per heavy atom. The summed E-state index contributed by atoms with van der Waals surface area (Å²) in [5.41, 5.74) is 3.06. The molecule has 0 aliphatic heterocycles. The molecule has 0 radical (unpaired) electrons. The number of fused-ring (bicyclic) bond motifs is 1. The van der Waals surface area contributed by atoms with E-state index >= 15 is 0 Å². The summed E-state index contributed by atoms with van der Waals surface area (Å²) in [7, 11) is 1.87. The van der Waals surface area contributed by atoms with Crippen molar-refractivity contribution in [2.24, 2.45) is 12.0 Å². The van der Waals surface area contributed by atoms with Crippen LogP contribution in [-0.4, -0.2) is 61.7 Å². The average molecular weight is 399 g/mol. The van der Waals surface area contributed by atoms with E-state index < -0.39 is 0 Å². The van der Waals surface area contributed by atoms with E-state index in [1.165, 1.54) is 5.69 Å². The lowest BCUT2D eigenvalue weighted by atomic mass is 10.4. The summed E-state index contributed by atoms with van der Waals surface area (Å²) in [6.45, 7) is 10.0. The van der Waals surface area contributed by atoms with Gasteiger partial charge in [-0.2, -0.15) is 10.2 Å². The third kappa shape index (κ3) is 5.43. The summed E-state index contributed by atoms with van der Waals surface area (Å²) >= 11 is 0. The molecular formula is C19H30N10. The van der Waals surface area contributed by atoms with E-state index in [2.05, 4.69) is 61.0 Å². The first-order valence-electron chi connectivity index (χ1n) is 9.98. The van der Waals surface area contributed by atoms with Crippen LogP contribution in [0.4, 0.5) is 5.82 Å². The lowest BCUT2D eigenvalue weighted by Crippen LogP contribution is -2.39. The van der Waals surface area contributed by atoms with Crippen LogP contribution >= 0.6 is 0 Å². The molecule has 0 aromatic carbocycles. The Morgan fingerprint density at radius 3 is 2.79 bits per heavy atom. The second-order valence-corrected chi connectivity index (χ2v) is 6.85. The van der Waals surface area contributed by atoms with E-state index in [9.17, 15) is 0 Å². The van der Waals surface area contributed by atoms with Gasteiger partial charge in [-0.15, -0.1) is 0 Å². The van der Waals surface area contributed by atoms with Gasteiger partial charge in [-0.05, 0) is 33.3 Å². The van der Waals surface area contributed by atoms with Gasteiger partial charge in [-0.3, -0.25) is 14.4 Å². The van der Waals surface area contributed by atoms with Crippen LogP contribution in [-0.2, 0) is 13.6 Å². The van der Waals surface area contributed by atoms with Crippen LogP contribution in [0.1, 0.15) is 24.7 Å². The van der Waals surface area contributed by atoms with Gasteiger partial charge in [0.2, 0.25) is 0 Å². The predicted octanol–water partition coefficient (Wildman–Crippen LogP) is 1.23. The first-order chi connectivity index (χ1) is 14.1. The van der Waals surface area contributed by atoms with E-state index in [-0.39, 0.29) is 0 Å². The normalized spacial score (nSPS) is 11.8. The maximum Gasteiger partial charge on any atom is 0.191 e. The van der Waals surface area contributed by atoms with E-state index in [1.807, 2.05) is 18.7 Å². The standard InChI is InChI=1S/C19H30N10/c1-5-20-19(22-7-6-10-29-15(3)11-14(2)27-29)23-9-8-21-17-16-12-26-28(4)18(16)25-13-24-17/h11-13H,5-10H2,1-4H3,(H2,20,22,23)(H,21,24,25). The van der Waals surface area contributed by atoms with Crippen molar-refractivity contribution in [1.82, 2.24) is 40.2 Å². The molecule has 10 nitrogen and oxygen atoms in total. The number of aliphatic imine (C=N–C) groups is 1. The Hall–Kier alpha value is -3.17. The molecule has 0 unspecified atom stereocenters. The van der Waals surface area contributed by atoms with Crippen LogP contribution in [0, 0.1) is 13.8 Å². The van der Waals surface area contributed by atoms with Gasteiger partial charge in [0.05, 0.1) is 17.3 Å². The Morgan fingerprint density at radius 2 is 2.03 bits per heavy atom. The van der Waals surface area contributed by atoms with Crippen LogP contribution in [0.2, 0.25) is 0 Å². The molecule has 29 heavy (non-hydrogen) atoms. The molecule has 0 fully saturated rings. The van der Waals surface area contributed by atoms with E-state index in [4.69, 9.17) is 0 Å². The summed E-state index contributed by atoms with van der Waals surface area (Å²) in [4.78, 5) is 13.2. The molecule has 0 aliphatic carbocycles. The van der Waals surface area contributed by atoms with Gasteiger partial charge in [-0.25, -0.2) is 9.97 Å². The molecule has 3 aromatic heterocycles. The quantitative estimate of drug-likeness (QED) is 0.282. The highest BCUT2D eigenvalue weighted by atomic mass is 15.3. The van der Waals surface area contributed by atoms with Crippen LogP contribution in [0.15, 0.2) is 23.6 Å². The van der Waals surface area contributed by atoms with Crippen molar-refractivity contribution in [3.63, 3.8) is 0 Å². The minimum absolute atomic E-state index is 0.706. The summed E-state index contributed by atoms with van der Waals surface area (Å²) in [6.07, 6.45) is 4.27. The van der Waals surface area contributed by atoms with Gasteiger partial charge in [0.25, 0.3) is 0 Å². The lowest BCUT2D eigenvalue weighted by molar-refractivity contribution is 0.567. The van der Waals surface area contributed by atoms with Crippen molar-refractivity contribution in [2.75, 3.05) is 31.5 Å². The second-order valence-electron chi connectivity index (χ2n) is 6.85. The lowest BCUT2D eigenvalue weighted by Gasteiger charge is -2.12. The van der Waals surface area contributed by atoms with E-state index in [0.717, 1.165) is 61.1 Å². The molecule has 0 spiro atoms. The Balaban J connectivity index is 1.45. The maximum absolute atomic E-state index is 4.65. The number of guanidine groups is 1. The number of hydrogen-bond donors (Lipinski definition) is 3. The highest BCUT2D eigenvalue weighted by molar-refractivity contribution is 5.86. The van der Waals surface area contributed by atoms with E-state index in [0.29, 0.717) is 6.54 Å². The predicted molar refractivity (Wildman–Crippen MR) is 115 cm³/mol. The minimum Gasteiger partial charge on any atom is -0.368 e. The number of aryl methyl sites for hydroxylation is 4. The number of hydrogen-bond acceptors (Lipinski definition) is 6. The zero-order valence-corrected chi connectivity index (χ0v) is 17.6. The van der Waals surface area contributed by atoms with Gasteiger partial charge in [-0.1, -0.05) is 0 Å². The average Bonchev–Trinajstić information content (AvgIpc) is 3.24. The SMILES string of the molecule is CCNC(=NCCCn1nc(C)cc1C)NCCNc1ncnc2c1cnn2C. The molecule has 0 amide bonds. The van der Waals surface area contributed by atoms with Gasteiger partial charge < -0.3 is 16.0 Å². The Labute approximate surface area is 170 Å². The van der Waals surface area contributed by atoms with Gasteiger partial charge >= 0.3 is 0 Å². The highest BCUT2D eigenvalue weighted by Crippen LogP contribution is 2.16. The summed E-state index contributed by atoms with van der Waals surface area (Å²) in [5.74, 6) is 1.61. The third-order valence-electron chi connectivity index (χ3n) is 4.48. The molecule has 3 rings (SSSR count). The smallest absolute Gasteiger partial charge is 0.191 e. The van der Waals surface area contributed by atoms with Crippen molar-refractivity contribution in [2.45, 2.75) is 33.7 Å².